The Bertz CT molecular complexity index is 1170. The van der Waals surface area contributed by atoms with Crippen LogP contribution in [0.25, 0.3) is 10.9 Å². The molecule has 5 rings (SSSR count). The van der Waals surface area contributed by atoms with Crippen LogP contribution in [0.15, 0.2) is 37.2 Å². The average Bonchev–Trinajstić information content (AvgIpc) is 3.41. The van der Waals surface area contributed by atoms with Crippen molar-refractivity contribution in [1.82, 2.24) is 24.6 Å². The van der Waals surface area contributed by atoms with E-state index in [-0.39, 0.29) is 5.54 Å². The highest BCUT2D eigenvalue weighted by atomic mass is 35.5. The summed E-state index contributed by atoms with van der Waals surface area (Å²) in [4.78, 5) is 11.6. The van der Waals surface area contributed by atoms with Gasteiger partial charge in [0, 0.05) is 23.2 Å². The number of rotatable bonds is 6. The van der Waals surface area contributed by atoms with Crippen molar-refractivity contribution in [1.29, 1.82) is 0 Å². The van der Waals surface area contributed by atoms with Crippen LogP contribution in [0.5, 0.6) is 0 Å². The highest BCUT2D eigenvalue weighted by Gasteiger charge is 2.42. The van der Waals surface area contributed by atoms with Gasteiger partial charge in [0.2, 0.25) is 5.95 Å². The van der Waals surface area contributed by atoms with Gasteiger partial charge in [0.25, 0.3) is 0 Å². The Hall–Kier alpha value is -2.15. The van der Waals surface area contributed by atoms with Crippen LogP contribution in [0, 0.1) is 11.8 Å². The fourth-order valence-electron chi connectivity index (χ4n) is 4.62. The second-order valence-corrected chi connectivity index (χ2v) is 10.3. The van der Waals surface area contributed by atoms with Crippen LogP contribution < -0.4 is 5.32 Å². The number of benzene rings is 1. The molecule has 2 aliphatic rings. The van der Waals surface area contributed by atoms with Crippen molar-refractivity contribution < 1.29 is 0 Å². The van der Waals surface area contributed by atoms with Gasteiger partial charge in [-0.25, -0.2) is 14.6 Å². The zero-order valence-corrected chi connectivity index (χ0v) is 20.0. The maximum absolute atomic E-state index is 6.65. The fraction of sp³-hybridized carbons (Fsp3) is 0.458. The molecule has 6 nitrogen and oxygen atoms in total. The first-order valence-corrected chi connectivity index (χ1v) is 11.9. The van der Waals surface area contributed by atoms with E-state index in [2.05, 4.69) is 53.0 Å². The molecule has 3 aromatic rings. The minimum Gasteiger partial charge on any atom is -0.320 e. The molecular formula is C24H28Cl2N6. The van der Waals surface area contributed by atoms with Gasteiger partial charge >= 0.3 is 0 Å². The van der Waals surface area contributed by atoms with Crippen molar-refractivity contribution >= 4 is 45.7 Å². The normalized spacial score (nSPS) is 22.8. The van der Waals surface area contributed by atoms with Crippen LogP contribution in [0.2, 0.25) is 10.2 Å². The standard InChI is InChI=1S/C24H28Cl2N6/c1-4-15-14-31(3)8-5-16(15)9-17-11-20-18(10-19(17)25)12-27-23(29-20)30-21-13-28-32(22(21)26)24(2)6-7-24/h4,10-13,15-16H,1,5-9,14H2,2-3H3,(H,27,29,30). The Balaban J connectivity index is 1.39. The molecule has 1 aromatic carbocycles. The Kier molecular flexibility index (Phi) is 5.64. The van der Waals surface area contributed by atoms with E-state index in [1.54, 1.807) is 12.4 Å². The maximum Gasteiger partial charge on any atom is 0.227 e. The van der Waals surface area contributed by atoms with Crippen molar-refractivity contribution in [2.24, 2.45) is 11.8 Å². The van der Waals surface area contributed by atoms with Crippen LogP contribution >= 0.6 is 23.2 Å². The molecular weight excluding hydrogens is 443 g/mol. The molecule has 2 aromatic heterocycles. The van der Waals surface area contributed by atoms with Gasteiger partial charge in [-0.05, 0) is 75.7 Å². The Morgan fingerprint density at radius 2 is 2.09 bits per heavy atom. The maximum atomic E-state index is 6.65. The van der Waals surface area contributed by atoms with Crippen LogP contribution in [0.1, 0.15) is 31.7 Å². The molecule has 0 amide bonds. The molecule has 1 N–H and O–H groups in total. The molecule has 2 fully saturated rings. The van der Waals surface area contributed by atoms with Gasteiger partial charge in [0.1, 0.15) is 0 Å². The number of anilines is 2. The number of piperidine rings is 1. The number of hydrogen-bond donors (Lipinski definition) is 1. The van der Waals surface area contributed by atoms with Crippen molar-refractivity contribution in [2.75, 3.05) is 25.5 Å². The highest BCUT2D eigenvalue weighted by molar-refractivity contribution is 6.32. The molecule has 1 aliphatic heterocycles. The van der Waals surface area contributed by atoms with Crippen LogP contribution in [-0.4, -0.2) is 44.8 Å². The molecule has 0 radical (unpaired) electrons. The zero-order valence-electron chi connectivity index (χ0n) is 18.5. The first-order valence-electron chi connectivity index (χ1n) is 11.1. The van der Waals surface area contributed by atoms with Gasteiger partial charge in [-0.1, -0.05) is 29.3 Å². The van der Waals surface area contributed by atoms with E-state index >= 15 is 0 Å². The first kappa shape index (κ1) is 21.7. The number of fused-ring (bicyclic) bond motifs is 1. The highest BCUT2D eigenvalue weighted by Crippen LogP contribution is 2.45. The quantitative estimate of drug-likeness (QED) is 0.469. The molecule has 8 heteroatoms. The summed E-state index contributed by atoms with van der Waals surface area (Å²) in [6.45, 7) is 8.36. The predicted molar refractivity (Wildman–Crippen MR) is 131 cm³/mol. The molecule has 168 valence electrons. The summed E-state index contributed by atoms with van der Waals surface area (Å²) < 4.78 is 1.88. The van der Waals surface area contributed by atoms with Gasteiger partial charge < -0.3 is 10.2 Å². The number of aromatic nitrogens is 4. The number of nitrogens with one attached hydrogen (secondary N) is 1. The molecule has 1 aliphatic carbocycles. The van der Waals surface area contributed by atoms with Crippen molar-refractivity contribution in [3.8, 4) is 0 Å². The van der Waals surface area contributed by atoms with Gasteiger partial charge in [-0.2, -0.15) is 5.10 Å². The Labute approximate surface area is 198 Å². The molecule has 2 unspecified atom stereocenters. The number of halogens is 2. The third-order valence-corrected chi connectivity index (χ3v) is 7.70. The molecule has 2 atom stereocenters. The van der Waals surface area contributed by atoms with E-state index in [1.807, 2.05) is 10.7 Å². The lowest BCUT2D eigenvalue weighted by Gasteiger charge is -2.35. The van der Waals surface area contributed by atoms with Crippen LogP contribution in [-0.2, 0) is 12.0 Å². The third-order valence-electron chi connectivity index (χ3n) is 6.98. The van der Waals surface area contributed by atoms with E-state index in [4.69, 9.17) is 28.2 Å². The second-order valence-electron chi connectivity index (χ2n) is 9.49. The van der Waals surface area contributed by atoms with Gasteiger partial charge in [0.15, 0.2) is 5.15 Å². The summed E-state index contributed by atoms with van der Waals surface area (Å²) in [6, 6.07) is 4.06. The topological polar surface area (TPSA) is 58.9 Å². The lowest BCUT2D eigenvalue weighted by Crippen LogP contribution is -2.37. The lowest BCUT2D eigenvalue weighted by atomic mass is 9.81. The fourth-order valence-corrected chi connectivity index (χ4v) is 5.21. The van der Waals surface area contributed by atoms with Crippen LogP contribution in [0.3, 0.4) is 0 Å². The summed E-state index contributed by atoms with van der Waals surface area (Å²) >= 11 is 13.2. The second kappa shape index (κ2) is 8.32. The summed E-state index contributed by atoms with van der Waals surface area (Å²) in [5, 5.41) is 9.96. The molecule has 0 bridgehead atoms. The monoisotopic (exact) mass is 470 g/mol. The van der Waals surface area contributed by atoms with Crippen molar-refractivity contribution in [3.63, 3.8) is 0 Å². The summed E-state index contributed by atoms with van der Waals surface area (Å²) in [5.74, 6) is 1.50. The minimum absolute atomic E-state index is 0.0319. The molecule has 32 heavy (non-hydrogen) atoms. The number of likely N-dealkylation sites (tertiary alicyclic amines) is 1. The van der Waals surface area contributed by atoms with E-state index in [9.17, 15) is 0 Å². The average molecular weight is 471 g/mol. The SMILES string of the molecule is C=CC1CN(C)CCC1Cc1cc2nc(Nc3cnn(C4(C)CC4)c3Cl)ncc2cc1Cl. The van der Waals surface area contributed by atoms with E-state index in [0.29, 0.717) is 28.6 Å². The molecule has 0 spiro atoms. The number of nitrogens with zero attached hydrogens (tertiary/aromatic N) is 5. The predicted octanol–water partition coefficient (Wildman–Crippen LogP) is 5.68. The van der Waals surface area contributed by atoms with Crippen molar-refractivity contribution in [2.45, 2.75) is 38.1 Å². The van der Waals surface area contributed by atoms with E-state index < -0.39 is 0 Å². The van der Waals surface area contributed by atoms with Gasteiger partial charge in [0.05, 0.1) is 22.9 Å². The summed E-state index contributed by atoms with van der Waals surface area (Å²) in [7, 11) is 2.17. The zero-order chi connectivity index (χ0) is 22.5. The van der Waals surface area contributed by atoms with Gasteiger partial charge in [-0.3, -0.25) is 0 Å². The molecule has 1 saturated carbocycles. The Morgan fingerprint density at radius 3 is 2.84 bits per heavy atom. The largest absolute Gasteiger partial charge is 0.320 e. The molecule has 3 heterocycles. The van der Waals surface area contributed by atoms with E-state index in [1.165, 1.54) is 0 Å². The van der Waals surface area contributed by atoms with E-state index in [0.717, 1.165) is 60.3 Å². The summed E-state index contributed by atoms with van der Waals surface area (Å²) in [5.41, 5.74) is 2.73. The lowest BCUT2D eigenvalue weighted by molar-refractivity contribution is 0.172. The molecule has 1 saturated heterocycles. The van der Waals surface area contributed by atoms with Gasteiger partial charge in [-0.15, -0.1) is 6.58 Å². The summed E-state index contributed by atoms with van der Waals surface area (Å²) in [6.07, 6.45) is 9.86. The smallest absolute Gasteiger partial charge is 0.227 e. The first-order chi connectivity index (χ1) is 15.4. The Morgan fingerprint density at radius 1 is 1.28 bits per heavy atom. The van der Waals surface area contributed by atoms with Crippen molar-refractivity contribution in [3.05, 3.63) is 52.9 Å². The minimum atomic E-state index is 0.0319. The third kappa shape index (κ3) is 4.12. The van der Waals surface area contributed by atoms with Crippen LogP contribution in [0.4, 0.5) is 11.6 Å². The number of hydrogen-bond acceptors (Lipinski definition) is 5.